The van der Waals surface area contributed by atoms with E-state index in [1.807, 2.05) is 24.3 Å². The number of nitriles is 1. The molecule has 9 heteroatoms. The zero-order valence-corrected chi connectivity index (χ0v) is 16.5. The van der Waals surface area contributed by atoms with E-state index in [1.165, 1.54) is 23.1 Å². The van der Waals surface area contributed by atoms with Crippen LogP contribution >= 0.6 is 23.1 Å². The predicted octanol–water partition coefficient (Wildman–Crippen LogP) is 4.18. The van der Waals surface area contributed by atoms with Crippen LogP contribution < -0.4 is 14.8 Å². The van der Waals surface area contributed by atoms with E-state index in [9.17, 15) is 10.1 Å². The number of aromatic nitrogens is 2. The normalized spacial score (nSPS) is 12.2. The van der Waals surface area contributed by atoms with Gasteiger partial charge in [-0.1, -0.05) is 35.2 Å². The summed E-state index contributed by atoms with van der Waals surface area (Å²) in [5.74, 6) is 1.18. The number of hydrogen-bond donors (Lipinski definition) is 1. The summed E-state index contributed by atoms with van der Waals surface area (Å²) < 4.78 is 11.8. The van der Waals surface area contributed by atoms with Crippen LogP contribution in [-0.2, 0) is 4.79 Å². The Balaban J connectivity index is 1.34. The molecule has 0 saturated heterocycles. The molecule has 3 heterocycles. The van der Waals surface area contributed by atoms with Crippen LogP contribution in [0.3, 0.4) is 0 Å². The Morgan fingerprint density at radius 1 is 1.17 bits per heavy atom. The fourth-order valence-corrected chi connectivity index (χ4v) is 4.60. The maximum Gasteiger partial charge on any atom is 0.236 e. The molecule has 1 amide bonds. The van der Waals surface area contributed by atoms with Crippen molar-refractivity contribution in [1.29, 1.82) is 5.26 Å². The summed E-state index contributed by atoms with van der Waals surface area (Å²) in [4.78, 5) is 21.3. The largest absolute Gasteiger partial charge is 0.454 e. The molecule has 2 aromatic heterocycles. The number of amides is 1. The van der Waals surface area contributed by atoms with Crippen LogP contribution in [0.15, 0.2) is 47.5 Å². The molecule has 7 nitrogen and oxygen atoms in total. The Morgan fingerprint density at radius 3 is 2.83 bits per heavy atom. The highest BCUT2D eigenvalue weighted by molar-refractivity contribution is 8.00. The molecule has 0 atom stereocenters. The number of ether oxygens (including phenoxy) is 2. The number of nitrogens with zero attached hydrogens (tertiary/aromatic N) is 3. The van der Waals surface area contributed by atoms with Gasteiger partial charge in [-0.2, -0.15) is 5.26 Å². The third kappa shape index (κ3) is 3.44. The zero-order chi connectivity index (χ0) is 19.8. The molecule has 29 heavy (non-hydrogen) atoms. The number of para-hydroxylation sites is 1. The number of benzene rings is 2. The molecule has 2 aromatic carbocycles. The van der Waals surface area contributed by atoms with Gasteiger partial charge in [0.25, 0.3) is 0 Å². The van der Waals surface area contributed by atoms with Crippen molar-refractivity contribution in [1.82, 2.24) is 9.97 Å². The first-order valence-electron chi connectivity index (χ1n) is 8.62. The van der Waals surface area contributed by atoms with Gasteiger partial charge in [0, 0.05) is 11.5 Å². The lowest BCUT2D eigenvalue weighted by atomic mass is 10.1. The Kier molecular flexibility index (Phi) is 4.42. The minimum atomic E-state index is -0.203. The Hall–Kier alpha value is -3.35. The van der Waals surface area contributed by atoms with Crippen LogP contribution in [0, 0.1) is 11.3 Å². The van der Waals surface area contributed by atoms with Crippen LogP contribution in [0.5, 0.6) is 11.5 Å². The lowest BCUT2D eigenvalue weighted by molar-refractivity contribution is -0.113. The minimum Gasteiger partial charge on any atom is -0.454 e. The lowest BCUT2D eigenvalue weighted by Gasteiger charge is -2.06. The summed E-state index contributed by atoms with van der Waals surface area (Å²) in [5, 5.41) is 14.1. The summed E-state index contributed by atoms with van der Waals surface area (Å²) in [5.41, 5.74) is 1.94. The van der Waals surface area contributed by atoms with Crippen LogP contribution in [0.1, 0.15) is 5.56 Å². The van der Waals surface area contributed by atoms with Crippen molar-refractivity contribution >= 4 is 55.3 Å². The number of carbonyl (C=O) groups excluding carboxylic acids is 1. The van der Waals surface area contributed by atoms with E-state index < -0.39 is 0 Å². The van der Waals surface area contributed by atoms with Crippen molar-refractivity contribution < 1.29 is 14.3 Å². The number of hydrogen-bond acceptors (Lipinski definition) is 8. The third-order valence-corrected chi connectivity index (χ3v) is 6.22. The summed E-state index contributed by atoms with van der Waals surface area (Å²) in [6.45, 7) is 0.171. The smallest absolute Gasteiger partial charge is 0.236 e. The van der Waals surface area contributed by atoms with Crippen molar-refractivity contribution in [3.63, 3.8) is 0 Å². The van der Waals surface area contributed by atoms with E-state index in [1.54, 1.807) is 18.2 Å². The van der Waals surface area contributed by atoms with E-state index in [0.717, 1.165) is 15.6 Å². The maximum atomic E-state index is 12.4. The van der Waals surface area contributed by atoms with Gasteiger partial charge in [0.05, 0.1) is 27.0 Å². The first kappa shape index (κ1) is 17.7. The molecule has 0 unspecified atom stereocenters. The Labute approximate surface area is 173 Å². The molecular formula is C20H12N4O3S2. The van der Waals surface area contributed by atoms with E-state index in [4.69, 9.17) is 9.47 Å². The quantitative estimate of drug-likeness (QED) is 0.495. The molecular weight excluding hydrogens is 408 g/mol. The van der Waals surface area contributed by atoms with Crippen LogP contribution in [0.4, 0.5) is 5.13 Å². The van der Waals surface area contributed by atoms with Crippen molar-refractivity contribution in [2.24, 2.45) is 0 Å². The zero-order valence-electron chi connectivity index (χ0n) is 14.8. The second kappa shape index (κ2) is 7.24. The van der Waals surface area contributed by atoms with E-state index in [-0.39, 0.29) is 18.5 Å². The second-order valence-corrected chi connectivity index (χ2v) is 8.17. The van der Waals surface area contributed by atoms with Crippen LogP contribution in [0.2, 0.25) is 0 Å². The molecule has 0 fully saturated rings. The van der Waals surface area contributed by atoms with Crippen molar-refractivity contribution in [3.05, 3.63) is 48.0 Å². The van der Waals surface area contributed by atoms with Gasteiger partial charge >= 0.3 is 0 Å². The second-order valence-electron chi connectivity index (χ2n) is 6.17. The monoisotopic (exact) mass is 420 g/mol. The number of carbonyl (C=O) groups is 1. The molecule has 142 valence electrons. The summed E-state index contributed by atoms with van der Waals surface area (Å²) in [6, 6.07) is 15.2. The summed E-state index contributed by atoms with van der Waals surface area (Å²) in [6.07, 6.45) is 0. The first-order chi connectivity index (χ1) is 14.2. The molecule has 0 spiro atoms. The van der Waals surface area contributed by atoms with Crippen molar-refractivity contribution in [2.45, 2.75) is 5.03 Å². The van der Waals surface area contributed by atoms with E-state index >= 15 is 0 Å². The molecule has 5 rings (SSSR count). The molecule has 0 radical (unpaired) electrons. The van der Waals surface area contributed by atoms with Gasteiger partial charge in [0.15, 0.2) is 16.6 Å². The Morgan fingerprint density at radius 2 is 2.00 bits per heavy atom. The standard InChI is InChI=1S/C20H12N4O3S2/c21-8-12-5-11-6-15-16(27-10-26-15)7-14(11)22-19(12)28-9-18(25)24-20-23-13-3-1-2-4-17(13)29-20/h1-7H,9-10H2,(H,23,24,25). The average Bonchev–Trinajstić information content (AvgIpc) is 3.35. The van der Waals surface area contributed by atoms with Gasteiger partial charge in [-0.3, -0.25) is 4.79 Å². The number of nitrogens with one attached hydrogen (secondary N) is 1. The predicted molar refractivity (Wildman–Crippen MR) is 112 cm³/mol. The highest BCUT2D eigenvalue weighted by Crippen LogP contribution is 2.37. The molecule has 0 saturated carbocycles. The maximum absolute atomic E-state index is 12.4. The summed E-state index contributed by atoms with van der Waals surface area (Å²) >= 11 is 2.64. The highest BCUT2D eigenvalue weighted by atomic mass is 32.2. The molecule has 1 aliphatic heterocycles. The summed E-state index contributed by atoms with van der Waals surface area (Å²) in [7, 11) is 0. The van der Waals surface area contributed by atoms with Crippen LogP contribution in [0.25, 0.3) is 21.1 Å². The van der Waals surface area contributed by atoms with E-state index in [0.29, 0.717) is 32.7 Å². The highest BCUT2D eigenvalue weighted by Gasteiger charge is 2.17. The van der Waals surface area contributed by atoms with Gasteiger partial charge in [-0.25, -0.2) is 9.97 Å². The SMILES string of the molecule is N#Cc1cc2cc3c(cc2nc1SCC(=O)Nc1nc2ccccc2s1)OCO3. The molecule has 1 aliphatic rings. The fourth-order valence-electron chi connectivity index (χ4n) is 2.95. The van der Waals surface area contributed by atoms with Gasteiger partial charge in [0.1, 0.15) is 11.1 Å². The molecule has 0 bridgehead atoms. The number of pyridine rings is 1. The fraction of sp³-hybridized carbons (Fsp3) is 0.100. The molecule has 4 aromatic rings. The third-order valence-electron chi connectivity index (χ3n) is 4.27. The Bertz CT molecular complexity index is 1280. The van der Waals surface area contributed by atoms with Gasteiger partial charge in [-0.05, 0) is 24.3 Å². The topological polar surface area (TPSA) is 97.1 Å². The van der Waals surface area contributed by atoms with E-state index in [2.05, 4.69) is 21.4 Å². The minimum absolute atomic E-state index is 0.119. The molecule has 1 N–H and O–H groups in total. The van der Waals surface area contributed by atoms with Gasteiger partial charge in [-0.15, -0.1) is 0 Å². The molecule has 0 aliphatic carbocycles. The van der Waals surface area contributed by atoms with Crippen molar-refractivity contribution in [2.75, 3.05) is 17.9 Å². The van der Waals surface area contributed by atoms with Crippen molar-refractivity contribution in [3.8, 4) is 17.6 Å². The lowest BCUT2D eigenvalue weighted by Crippen LogP contribution is -2.14. The number of thiazole rings is 1. The number of thioether (sulfide) groups is 1. The number of anilines is 1. The van der Waals surface area contributed by atoms with Crippen LogP contribution in [-0.4, -0.2) is 28.4 Å². The van der Waals surface area contributed by atoms with Gasteiger partial charge < -0.3 is 14.8 Å². The number of fused-ring (bicyclic) bond motifs is 3. The number of rotatable bonds is 4. The van der Waals surface area contributed by atoms with Gasteiger partial charge in [0.2, 0.25) is 12.7 Å². The average molecular weight is 420 g/mol. The first-order valence-corrected chi connectivity index (χ1v) is 10.4.